The molecule has 0 heterocycles. The summed E-state index contributed by atoms with van der Waals surface area (Å²) < 4.78 is 13.9. The minimum atomic E-state index is -0.390. The van der Waals surface area contributed by atoms with Gasteiger partial charge in [0.05, 0.1) is 13.0 Å². The van der Waals surface area contributed by atoms with E-state index in [0.29, 0.717) is 11.3 Å². The van der Waals surface area contributed by atoms with Crippen molar-refractivity contribution in [3.05, 3.63) is 64.4 Å². The topological polar surface area (TPSA) is 58.2 Å². The first-order valence-corrected chi connectivity index (χ1v) is 7.39. The molecule has 2 aromatic carbocycles. The summed E-state index contributed by atoms with van der Waals surface area (Å²) in [6.07, 6.45) is 0.0311. The van der Waals surface area contributed by atoms with E-state index in [4.69, 9.17) is 0 Å². The van der Waals surface area contributed by atoms with Gasteiger partial charge in [0.25, 0.3) is 0 Å². The smallest absolute Gasteiger partial charge is 0.243 e. The lowest BCUT2D eigenvalue weighted by molar-refractivity contribution is -0.123. The van der Waals surface area contributed by atoms with Crippen LogP contribution in [0.3, 0.4) is 0 Å². The number of anilines is 1. The summed E-state index contributed by atoms with van der Waals surface area (Å²) in [5.41, 5.74) is 1.21. The maximum atomic E-state index is 13.0. The summed E-state index contributed by atoms with van der Waals surface area (Å²) >= 11 is 3.30. The molecule has 0 bridgehead atoms. The van der Waals surface area contributed by atoms with E-state index >= 15 is 0 Å². The molecule has 0 aliphatic rings. The van der Waals surface area contributed by atoms with Gasteiger partial charge in [-0.3, -0.25) is 9.59 Å². The standard InChI is InChI=1S/C16H14BrFN2O2/c17-12-4-6-14(7-5-12)20-16(22)10-19-15(21)9-11-2-1-3-13(18)8-11/h1-8H,9-10H2,(H,19,21)(H,20,22). The Kier molecular flexibility index (Phi) is 5.66. The molecular weight excluding hydrogens is 351 g/mol. The Bertz CT molecular complexity index is 674. The molecule has 6 heteroatoms. The molecule has 0 aliphatic carbocycles. The molecule has 0 aliphatic heterocycles. The van der Waals surface area contributed by atoms with E-state index in [0.717, 1.165) is 4.47 Å². The van der Waals surface area contributed by atoms with Crippen molar-refractivity contribution in [1.82, 2.24) is 5.32 Å². The predicted molar refractivity (Wildman–Crippen MR) is 85.9 cm³/mol. The molecule has 4 nitrogen and oxygen atoms in total. The molecule has 2 amide bonds. The summed E-state index contributed by atoms with van der Waals surface area (Å²) in [6.45, 7) is -0.135. The Morgan fingerprint density at radius 3 is 2.45 bits per heavy atom. The molecule has 0 spiro atoms. The zero-order valence-corrected chi connectivity index (χ0v) is 13.2. The minimum absolute atomic E-state index is 0.0311. The summed E-state index contributed by atoms with van der Waals surface area (Å²) in [5.74, 6) is -1.05. The summed E-state index contributed by atoms with van der Waals surface area (Å²) in [5, 5.41) is 5.16. The molecule has 0 saturated carbocycles. The van der Waals surface area contributed by atoms with Crippen molar-refractivity contribution >= 4 is 33.4 Å². The van der Waals surface area contributed by atoms with Crippen LogP contribution in [0.2, 0.25) is 0 Å². The maximum absolute atomic E-state index is 13.0. The molecule has 114 valence electrons. The monoisotopic (exact) mass is 364 g/mol. The van der Waals surface area contributed by atoms with E-state index in [9.17, 15) is 14.0 Å². The third-order valence-electron chi connectivity index (χ3n) is 2.83. The molecule has 2 N–H and O–H groups in total. The van der Waals surface area contributed by atoms with Crippen molar-refractivity contribution in [3.63, 3.8) is 0 Å². The van der Waals surface area contributed by atoms with E-state index in [1.54, 1.807) is 30.3 Å². The Hall–Kier alpha value is -2.21. The quantitative estimate of drug-likeness (QED) is 0.856. The van der Waals surface area contributed by atoms with Gasteiger partial charge in [-0.2, -0.15) is 0 Å². The summed E-state index contributed by atoms with van der Waals surface area (Å²) in [4.78, 5) is 23.4. The maximum Gasteiger partial charge on any atom is 0.243 e. The normalized spacial score (nSPS) is 10.1. The molecule has 0 radical (unpaired) electrons. The van der Waals surface area contributed by atoms with Gasteiger partial charge in [0, 0.05) is 10.2 Å². The third kappa shape index (κ3) is 5.29. The molecule has 0 unspecified atom stereocenters. The highest BCUT2D eigenvalue weighted by molar-refractivity contribution is 9.10. The van der Waals surface area contributed by atoms with Crippen LogP contribution in [-0.4, -0.2) is 18.4 Å². The molecule has 0 saturated heterocycles. The number of hydrogen-bond donors (Lipinski definition) is 2. The molecule has 22 heavy (non-hydrogen) atoms. The van der Waals surface area contributed by atoms with Crippen LogP contribution in [-0.2, 0) is 16.0 Å². The van der Waals surface area contributed by atoms with Crippen LogP contribution in [0.5, 0.6) is 0 Å². The fourth-order valence-corrected chi connectivity index (χ4v) is 2.08. The number of benzene rings is 2. The fourth-order valence-electron chi connectivity index (χ4n) is 1.81. The first kappa shape index (κ1) is 16.2. The fraction of sp³-hybridized carbons (Fsp3) is 0.125. The largest absolute Gasteiger partial charge is 0.347 e. The van der Waals surface area contributed by atoms with Crippen LogP contribution in [0.1, 0.15) is 5.56 Å². The Morgan fingerprint density at radius 2 is 1.77 bits per heavy atom. The van der Waals surface area contributed by atoms with Crippen molar-refractivity contribution < 1.29 is 14.0 Å². The number of carbonyl (C=O) groups excluding carboxylic acids is 2. The molecule has 2 rings (SSSR count). The van der Waals surface area contributed by atoms with Crippen LogP contribution in [0, 0.1) is 5.82 Å². The highest BCUT2D eigenvalue weighted by atomic mass is 79.9. The number of nitrogens with one attached hydrogen (secondary N) is 2. The molecule has 0 aromatic heterocycles. The molecular formula is C16H14BrFN2O2. The lowest BCUT2D eigenvalue weighted by Crippen LogP contribution is -2.33. The third-order valence-corrected chi connectivity index (χ3v) is 3.36. The van der Waals surface area contributed by atoms with Gasteiger partial charge in [0.1, 0.15) is 5.82 Å². The molecule has 0 fully saturated rings. The van der Waals surface area contributed by atoms with Crippen molar-refractivity contribution in [1.29, 1.82) is 0 Å². The number of carbonyl (C=O) groups is 2. The lowest BCUT2D eigenvalue weighted by atomic mass is 10.1. The SMILES string of the molecule is O=C(Cc1cccc(F)c1)NCC(=O)Nc1ccc(Br)cc1. The van der Waals surface area contributed by atoms with Gasteiger partial charge in [-0.1, -0.05) is 28.1 Å². The van der Waals surface area contributed by atoms with Gasteiger partial charge < -0.3 is 10.6 Å². The highest BCUT2D eigenvalue weighted by Crippen LogP contribution is 2.13. The van der Waals surface area contributed by atoms with Gasteiger partial charge in [-0.15, -0.1) is 0 Å². The van der Waals surface area contributed by atoms with Crippen LogP contribution in [0.15, 0.2) is 53.0 Å². The van der Waals surface area contributed by atoms with E-state index in [2.05, 4.69) is 26.6 Å². The van der Waals surface area contributed by atoms with Crippen molar-refractivity contribution in [2.75, 3.05) is 11.9 Å². The lowest BCUT2D eigenvalue weighted by Gasteiger charge is -2.07. The highest BCUT2D eigenvalue weighted by Gasteiger charge is 2.07. The second-order valence-electron chi connectivity index (χ2n) is 4.64. The van der Waals surface area contributed by atoms with E-state index in [1.807, 2.05) is 0 Å². The first-order chi connectivity index (χ1) is 10.5. The van der Waals surface area contributed by atoms with Gasteiger partial charge in [-0.25, -0.2) is 4.39 Å². The van der Waals surface area contributed by atoms with E-state index in [-0.39, 0.29) is 24.8 Å². The summed E-state index contributed by atoms with van der Waals surface area (Å²) in [6, 6.07) is 12.9. The molecule has 2 aromatic rings. The zero-order chi connectivity index (χ0) is 15.9. The second-order valence-corrected chi connectivity index (χ2v) is 5.55. The second kappa shape index (κ2) is 7.70. The Balaban J connectivity index is 1.78. The Morgan fingerprint density at radius 1 is 1.05 bits per heavy atom. The molecule has 0 atom stereocenters. The number of rotatable bonds is 5. The van der Waals surface area contributed by atoms with Crippen LogP contribution in [0.25, 0.3) is 0 Å². The van der Waals surface area contributed by atoms with Gasteiger partial charge in [0.15, 0.2) is 0 Å². The minimum Gasteiger partial charge on any atom is -0.347 e. The van der Waals surface area contributed by atoms with Gasteiger partial charge in [-0.05, 0) is 42.0 Å². The average Bonchev–Trinajstić information content (AvgIpc) is 2.48. The predicted octanol–water partition coefficient (Wildman–Crippen LogP) is 2.89. The van der Waals surface area contributed by atoms with Crippen molar-refractivity contribution in [2.45, 2.75) is 6.42 Å². The first-order valence-electron chi connectivity index (χ1n) is 6.59. The zero-order valence-electron chi connectivity index (χ0n) is 11.6. The van der Waals surface area contributed by atoms with Gasteiger partial charge in [0.2, 0.25) is 11.8 Å². The van der Waals surface area contributed by atoms with Crippen LogP contribution in [0.4, 0.5) is 10.1 Å². The number of amides is 2. The average molecular weight is 365 g/mol. The Labute approximate surface area is 135 Å². The van der Waals surface area contributed by atoms with Gasteiger partial charge >= 0.3 is 0 Å². The number of hydrogen-bond acceptors (Lipinski definition) is 2. The van der Waals surface area contributed by atoms with Crippen molar-refractivity contribution in [3.8, 4) is 0 Å². The summed E-state index contributed by atoms with van der Waals surface area (Å²) in [7, 11) is 0. The van der Waals surface area contributed by atoms with Crippen molar-refractivity contribution in [2.24, 2.45) is 0 Å². The van der Waals surface area contributed by atoms with E-state index in [1.165, 1.54) is 18.2 Å². The van der Waals surface area contributed by atoms with E-state index < -0.39 is 5.82 Å². The number of halogens is 2. The van der Waals surface area contributed by atoms with Crippen LogP contribution >= 0.6 is 15.9 Å². The van der Waals surface area contributed by atoms with Crippen LogP contribution < -0.4 is 10.6 Å².